The van der Waals surface area contributed by atoms with Crippen LogP contribution in [0.2, 0.25) is 0 Å². The molecule has 0 bridgehead atoms. The predicted octanol–water partition coefficient (Wildman–Crippen LogP) is 2.61. The van der Waals surface area contributed by atoms with E-state index < -0.39 is 5.97 Å². The average Bonchev–Trinajstić information content (AvgIpc) is 2.45. The summed E-state index contributed by atoms with van der Waals surface area (Å²) < 4.78 is 0. The molecule has 0 heterocycles. The average molecular weight is 257 g/mol. The van der Waals surface area contributed by atoms with Gasteiger partial charge in [-0.2, -0.15) is 5.48 Å². The minimum Gasteiger partial charge on any atom is -0.478 e. The number of benzene rings is 2. The molecule has 2 aromatic rings. The molecule has 0 aliphatic heterocycles. The summed E-state index contributed by atoms with van der Waals surface area (Å²) in [6, 6.07) is 16.6. The quantitative estimate of drug-likeness (QED) is 0.617. The van der Waals surface area contributed by atoms with Crippen LogP contribution < -0.4 is 5.48 Å². The molecule has 0 saturated heterocycles. The van der Waals surface area contributed by atoms with E-state index in [9.17, 15) is 4.79 Å². The second-order valence-corrected chi connectivity index (χ2v) is 4.10. The lowest BCUT2D eigenvalue weighted by atomic mass is 10.1. The topological polar surface area (TPSA) is 58.6 Å². The summed E-state index contributed by atoms with van der Waals surface area (Å²) in [6.45, 7) is 0.938. The van der Waals surface area contributed by atoms with Gasteiger partial charge in [-0.05, 0) is 23.3 Å². The van der Waals surface area contributed by atoms with Crippen LogP contribution in [-0.4, -0.2) is 11.1 Å². The van der Waals surface area contributed by atoms with Gasteiger partial charge < -0.3 is 5.11 Å². The van der Waals surface area contributed by atoms with E-state index in [0.717, 1.165) is 11.1 Å². The van der Waals surface area contributed by atoms with Crippen molar-refractivity contribution in [3.05, 3.63) is 71.3 Å². The van der Waals surface area contributed by atoms with Crippen molar-refractivity contribution < 1.29 is 14.7 Å². The molecule has 19 heavy (non-hydrogen) atoms. The Bertz CT molecular complexity index is 540. The monoisotopic (exact) mass is 257 g/mol. The van der Waals surface area contributed by atoms with Crippen molar-refractivity contribution in [1.29, 1.82) is 0 Å². The molecule has 2 rings (SSSR count). The third kappa shape index (κ3) is 4.21. The van der Waals surface area contributed by atoms with Crippen molar-refractivity contribution in [2.24, 2.45) is 0 Å². The lowest BCUT2D eigenvalue weighted by Gasteiger charge is -2.06. The molecule has 0 unspecified atom stereocenters. The third-order valence-electron chi connectivity index (χ3n) is 2.63. The van der Waals surface area contributed by atoms with E-state index in [1.165, 1.54) is 0 Å². The van der Waals surface area contributed by atoms with Crippen LogP contribution >= 0.6 is 0 Å². The van der Waals surface area contributed by atoms with Gasteiger partial charge in [-0.15, -0.1) is 0 Å². The van der Waals surface area contributed by atoms with Gasteiger partial charge in [0, 0.05) is 6.54 Å². The zero-order valence-corrected chi connectivity index (χ0v) is 10.4. The molecule has 0 aliphatic carbocycles. The Morgan fingerprint density at radius 1 is 1.05 bits per heavy atom. The fraction of sp³-hybridized carbons (Fsp3) is 0.133. The Hall–Kier alpha value is -2.17. The van der Waals surface area contributed by atoms with E-state index >= 15 is 0 Å². The summed E-state index contributed by atoms with van der Waals surface area (Å²) in [4.78, 5) is 16.1. The van der Waals surface area contributed by atoms with Gasteiger partial charge >= 0.3 is 5.97 Å². The van der Waals surface area contributed by atoms with Crippen LogP contribution in [0.3, 0.4) is 0 Å². The number of carboxylic acids is 1. The van der Waals surface area contributed by atoms with Crippen molar-refractivity contribution in [3.63, 3.8) is 0 Å². The minimum absolute atomic E-state index is 0.280. The Labute approximate surface area is 111 Å². The highest BCUT2D eigenvalue weighted by Crippen LogP contribution is 2.05. The van der Waals surface area contributed by atoms with Gasteiger partial charge in [-0.25, -0.2) is 4.79 Å². The highest BCUT2D eigenvalue weighted by Gasteiger charge is 2.02. The Morgan fingerprint density at radius 2 is 1.79 bits per heavy atom. The molecule has 98 valence electrons. The molecule has 2 aromatic carbocycles. The molecule has 0 fully saturated rings. The highest BCUT2D eigenvalue weighted by atomic mass is 16.6. The van der Waals surface area contributed by atoms with Crippen LogP contribution in [0.25, 0.3) is 0 Å². The zero-order chi connectivity index (χ0) is 13.5. The molecule has 4 heteroatoms. The second kappa shape index (κ2) is 6.68. The first-order valence-corrected chi connectivity index (χ1v) is 5.96. The van der Waals surface area contributed by atoms with Gasteiger partial charge in [0.15, 0.2) is 0 Å². The number of carbonyl (C=O) groups is 1. The van der Waals surface area contributed by atoms with E-state index in [2.05, 4.69) is 5.48 Å². The molecule has 0 saturated carbocycles. The van der Waals surface area contributed by atoms with Crippen molar-refractivity contribution in [2.75, 3.05) is 0 Å². The van der Waals surface area contributed by atoms with Gasteiger partial charge in [0.05, 0.1) is 12.2 Å². The van der Waals surface area contributed by atoms with Crippen LogP contribution in [-0.2, 0) is 18.0 Å². The molecule has 0 aliphatic rings. The van der Waals surface area contributed by atoms with Crippen molar-refractivity contribution in [3.8, 4) is 0 Å². The van der Waals surface area contributed by atoms with Crippen molar-refractivity contribution >= 4 is 5.97 Å². The molecular weight excluding hydrogens is 242 g/mol. The smallest absolute Gasteiger partial charge is 0.335 e. The summed E-state index contributed by atoms with van der Waals surface area (Å²) in [7, 11) is 0. The maximum atomic E-state index is 10.8. The van der Waals surface area contributed by atoms with Crippen LogP contribution in [0.15, 0.2) is 54.6 Å². The molecule has 2 N–H and O–H groups in total. The summed E-state index contributed by atoms with van der Waals surface area (Å²) in [5.74, 6) is -0.924. The minimum atomic E-state index is -0.924. The standard InChI is InChI=1S/C15H15NO3/c17-15(18)14-8-4-7-13(9-14)10-16-19-11-12-5-2-1-3-6-12/h1-9,16H,10-11H2,(H,17,18). The summed E-state index contributed by atoms with van der Waals surface area (Å²) in [6.07, 6.45) is 0. The molecule has 0 atom stereocenters. The number of hydroxylamine groups is 1. The van der Waals surface area contributed by atoms with E-state index in [1.807, 2.05) is 36.4 Å². The molecule has 0 aromatic heterocycles. The number of rotatable bonds is 6. The number of carboxylic acid groups (broad SMARTS) is 1. The predicted molar refractivity (Wildman–Crippen MR) is 71.5 cm³/mol. The van der Waals surface area contributed by atoms with Gasteiger partial charge in [0.2, 0.25) is 0 Å². The summed E-state index contributed by atoms with van der Waals surface area (Å²) >= 11 is 0. The van der Waals surface area contributed by atoms with Gasteiger partial charge in [0.1, 0.15) is 0 Å². The number of aromatic carboxylic acids is 1. The second-order valence-electron chi connectivity index (χ2n) is 4.10. The number of hydrogen-bond acceptors (Lipinski definition) is 3. The molecule has 0 spiro atoms. The van der Waals surface area contributed by atoms with Crippen LogP contribution in [0, 0.1) is 0 Å². The van der Waals surface area contributed by atoms with Gasteiger partial charge in [-0.3, -0.25) is 4.84 Å². The van der Waals surface area contributed by atoms with Crippen molar-refractivity contribution in [1.82, 2.24) is 5.48 Å². The first kappa shape index (κ1) is 13.3. The molecule has 0 radical (unpaired) electrons. The fourth-order valence-corrected chi connectivity index (χ4v) is 1.66. The Balaban J connectivity index is 1.80. The maximum Gasteiger partial charge on any atom is 0.335 e. The molecular formula is C15H15NO3. The normalized spacial score (nSPS) is 10.3. The van der Waals surface area contributed by atoms with Crippen molar-refractivity contribution in [2.45, 2.75) is 13.2 Å². The Kier molecular flexibility index (Phi) is 4.66. The van der Waals surface area contributed by atoms with E-state index in [-0.39, 0.29) is 5.56 Å². The number of hydrogen-bond donors (Lipinski definition) is 2. The van der Waals surface area contributed by atoms with Crippen LogP contribution in [0.1, 0.15) is 21.5 Å². The molecule has 4 nitrogen and oxygen atoms in total. The molecule has 0 amide bonds. The highest BCUT2D eigenvalue weighted by molar-refractivity contribution is 5.87. The van der Waals surface area contributed by atoms with Crippen LogP contribution in [0.5, 0.6) is 0 Å². The lowest BCUT2D eigenvalue weighted by Crippen LogP contribution is -2.14. The summed E-state index contributed by atoms with van der Waals surface area (Å²) in [5, 5.41) is 8.88. The maximum absolute atomic E-state index is 10.8. The fourth-order valence-electron chi connectivity index (χ4n) is 1.66. The first-order chi connectivity index (χ1) is 9.25. The van der Waals surface area contributed by atoms with Gasteiger partial charge in [0.25, 0.3) is 0 Å². The SMILES string of the molecule is O=C(O)c1cccc(CNOCc2ccccc2)c1. The number of nitrogens with one attached hydrogen (secondary N) is 1. The van der Waals surface area contributed by atoms with E-state index in [0.29, 0.717) is 13.2 Å². The summed E-state index contributed by atoms with van der Waals surface area (Å²) in [5.41, 5.74) is 5.05. The zero-order valence-electron chi connectivity index (χ0n) is 10.4. The first-order valence-electron chi connectivity index (χ1n) is 5.96. The third-order valence-corrected chi connectivity index (χ3v) is 2.63. The van der Waals surface area contributed by atoms with E-state index in [4.69, 9.17) is 9.94 Å². The Morgan fingerprint density at radius 3 is 2.53 bits per heavy atom. The largest absolute Gasteiger partial charge is 0.478 e. The van der Waals surface area contributed by atoms with Gasteiger partial charge in [-0.1, -0.05) is 42.5 Å². The lowest BCUT2D eigenvalue weighted by molar-refractivity contribution is 0.0235. The van der Waals surface area contributed by atoms with Crippen LogP contribution in [0.4, 0.5) is 0 Å². The van der Waals surface area contributed by atoms with E-state index in [1.54, 1.807) is 18.2 Å².